The maximum absolute atomic E-state index is 12.6. The molecule has 0 saturated carbocycles. The molecule has 0 atom stereocenters. The number of hydrogen-bond acceptors (Lipinski definition) is 5. The van der Waals surface area contributed by atoms with Crippen LogP contribution in [0.25, 0.3) is 10.9 Å². The molecule has 1 saturated heterocycles. The summed E-state index contributed by atoms with van der Waals surface area (Å²) in [6, 6.07) is 13.7. The van der Waals surface area contributed by atoms with E-state index in [0.717, 1.165) is 48.1 Å². The molecule has 0 bridgehead atoms. The van der Waals surface area contributed by atoms with Crippen molar-refractivity contribution in [3.8, 4) is 12.3 Å². The average Bonchev–Trinajstić information content (AvgIpc) is 2.80. The van der Waals surface area contributed by atoms with Crippen LogP contribution in [0.3, 0.4) is 0 Å². The molecule has 1 aliphatic heterocycles. The predicted molar refractivity (Wildman–Crippen MR) is 130 cm³/mol. The smallest absolute Gasteiger partial charge is 0.248 e. The minimum atomic E-state index is -0.106. The number of likely N-dealkylation sites (tertiary alicyclic amines) is 1. The summed E-state index contributed by atoms with van der Waals surface area (Å²) in [6.07, 6.45) is 10.6. The van der Waals surface area contributed by atoms with Crippen LogP contribution >= 0.6 is 0 Å². The molecule has 1 aromatic heterocycles. The summed E-state index contributed by atoms with van der Waals surface area (Å²) in [7, 11) is 0. The largest absolute Gasteiger partial charge is 0.340 e. The van der Waals surface area contributed by atoms with Gasteiger partial charge in [-0.1, -0.05) is 17.6 Å². The molecular formula is C26H27N5O. The lowest BCUT2D eigenvalue weighted by Crippen LogP contribution is -2.36. The van der Waals surface area contributed by atoms with E-state index in [1.165, 1.54) is 11.9 Å². The molecule has 2 N–H and O–H groups in total. The topological polar surface area (TPSA) is 70.1 Å². The number of terminal acetylenes is 1. The number of anilines is 3. The molecule has 32 heavy (non-hydrogen) atoms. The van der Waals surface area contributed by atoms with Gasteiger partial charge in [-0.05, 0) is 63.1 Å². The lowest BCUT2D eigenvalue weighted by molar-refractivity contribution is -0.112. The molecule has 6 heteroatoms. The quantitative estimate of drug-likeness (QED) is 0.457. The number of carbonyl (C=O) groups excluding carboxylic acids is 1. The third-order valence-electron chi connectivity index (χ3n) is 5.70. The second-order valence-electron chi connectivity index (χ2n) is 8.23. The summed E-state index contributed by atoms with van der Waals surface area (Å²) in [6.45, 7) is 6.42. The van der Waals surface area contributed by atoms with E-state index < -0.39 is 0 Å². The van der Waals surface area contributed by atoms with Gasteiger partial charge in [-0.3, -0.25) is 4.79 Å². The summed E-state index contributed by atoms with van der Waals surface area (Å²) in [5.41, 5.74) is 4.31. The van der Waals surface area contributed by atoms with Gasteiger partial charge in [-0.2, -0.15) is 0 Å². The van der Waals surface area contributed by atoms with Crippen molar-refractivity contribution < 1.29 is 4.79 Å². The zero-order valence-corrected chi connectivity index (χ0v) is 18.4. The molecule has 0 spiro atoms. The van der Waals surface area contributed by atoms with Crippen LogP contribution in [0.5, 0.6) is 0 Å². The average molecular weight is 426 g/mol. The van der Waals surface area contributed by atoms with E-state index in [2.05, 4.69) is 45.3 Å². The van der Waals surface area contributed by atoms with Crippen molar-refractivity contribution in [2.75, 3.05) is 23.7 Å². The summed E-state index contributed by atoms with van der Waals surface area (Å²) in [5.74, 6) is 3.18. The Bertz CT molecular complexity index is 1200. The second kappa shape index (κ2) is 9.63. The van der Waals surface area contributed by atoms with E-state index in [1.54, 1.807) is 6.08 Å². The molecule has 1 aliphatic rings. The van der Waals surface area contributed by atoms with E-state index in [4.69, 9.17) is 6.42 Å². The van der Waals surface area contributed by atoms with Crippen LogP contribution in [0, 0.1) is 12.3 Å². The Morgan fingerprint density at radius 2 is 1.94 bits per heavy atom. The standard InChI is InChI=1S/C26H27N5O/c1-4-19-6-5-7-21(14-19)30-26-23-16-22(8-9-24(23)27-17-28-26)29-25(32)15-20-10-12-31(13-11-20)18(2)3/h1,5-9,14-18H,10-13H2,2-3H3,(H,29,32)(H,27,28,30). The van der Waals surface area contributed by atoms with Gasteiger partial charge in [0.15, 0.2) is 0 Å². The fraction of sp³-hybridized carbons (Fsp3) is 0.269. The van der Waals surface area contributed by atoms with Crippen molar-refractivity contribution in [3.05, 3.63) is 66.0 Å². The molecule has 0 radical (unpaired) electrons. The van der Waals surface area contributed by atoms with Crippen molar-refractivity contribution in [3.63, 3.8) is 0 Å². The summed E-state index contributed by atoms with van der Waals surface area (Å²) in [4.78, 5) is 23.8. The minimum Gasteiger partial charge on any atom is -0.340 e. The van der Waals surface area contributed by atoms with Crippen LogP contribution in [0.2, 0.25) is 0 Å². The number of amides is 1. The van der Waals surface area contributed by atoms with Crippen LogP contribution in [0.15, 0.2) is 60.4 Å². The Morgan fingerprint density at radius 3 is 2.69 bits per heavy atom. The second-order valence-corrected chi connectivity index (χ2v) is 8.23. The normalized spacial score (nSPS) is 14.2. The van der Waals surface area contributed by atoms with Crippen molar-refractivity contribution in [2.45, 2.75) is 32.7 Å². The fourth-order valence-corrected chi connectivity index (χ4v) is 3.89. The number of nitrogens with zero attached hydrogens (tertiary/aromatic N) is 3. The van der Waals surface area contributed by atoms with Gasteiger partial charge in [0.05, 0.1) is 5.52 Å². The molecule has 1 amide bonds. The molecule has 1 fully saturated rings. The Balaban J connectivity index is 1.50. The van der Waals surface area contributed by atoms with Crippen molar-refractivity contribution >= 4 is 34.0 Å². The maximum Gasteiger partial charge on any atom is 0.248 e. The van der Waals surface area contributed by atoms with E-state index in [0.29, 0.717) is 17.5 Å². The van der Waals surface area contributed by atoms with Crippen LogP contribution in [-0.4, -0.2) is 39.9 Å². The van der Waals surface area contributed by atoms with Gasteiger partial charge < -0.3 is 15.5 Å². The molecule has 0 unspecified atom stereocenters. The first-order valence-corrected chi connectivity index (χ1v) is 10.8. The maximum atomic E-state index is 12.6. The third kappa shape index (κ3) is 5.13. The van der Waals surface area contributed by atoms with Crippen LogP contribution < -0.4 is 10.6 Å². The SMILES string of the molecule is C#Cc1cccc(Nc2ncnc3ccc(NC(=O)C=C4CCN(C(C)C)CC4)cc23)c1. The number of rotatable bonds is 5. The first kappa shape index (κ1) is 21.5. The van der Waals surface area contributed by atoms with E-state index >= 15 is 0 Å². The first-order valence-electron chi connectivity index (χ1n) is 10.8. The molecule has 3 aromatic rings. The van der Waals surface area contributed by atoms with Gasteiger partial charge in [-0.25, -0.2) is 9.97 Å². The zero-order chi connectivity index (χ0) is 22.5. The zero-order valence-electron chi connectivity index (χ0n) is 18.4. The lowest BCUT2D eigenvalue weighted by Gasteiger charge is -2.31. The number of nitrogens with one attached hydrogen (secondary N) is 2. The highest BCUT2D eigenvalue weighted by atomic mass is 16.1. The summed E-state index contributed by atoms with van der Waals surface area (Å²) < 4.78 is 0. The highest BCUT2D eigenvalue weighted by molar-refractivity contribution is 6.02. The number of benzene rings is 2. The van der Waals surface area contributed by atoms with E-state index in [1.807, 2.05) is 42.5 Å². The van der Waals surface area contributed by atoms with Crippen LogP contribution in [0.1, 0.15) is 32.3 Å². The highest BCUT2D eigenvalue weighted by Gasteiger charge is 2.17. The lowest BCUT2D eigenvalue weighted by atomic mass is 10.0. The van der Waals surface area contributed by atoms with Gasteiger partial charge >= 0.3 is 0 Å². The van der Waals surface area contributed by atoms with Crippen molar-refractivity contribution in [1.29, 1.82) is 0 Å². The third-order valence-corrected chi connectivity index (χ3v) is 5.70. The van der Waals surface area contributed by atoms with Gasteiger partial charge in [0.25, 0.3) is 0 Å². The van der Waals surface area contributed by atoms with Gasteiger partial charge in [-0.15, -0.1) is 6.42 Å². The predicted octanol–water partition coefficient (Wildman–Crippen LogP) is 4.72. The van der Waals surface area contributed by atoms with Crippen LogP contribution in [-0.2, 0) is 4.79 Å². The Labute approximate surface area is 188 Å². The van der Waals surface area contributed by atoms with Crippen molar-refractivity contribution in [1.82, 2.24) is 14.9 Å². The van der Waals surface area contributed by atoms with Crippen LogP contribution in [0.4, 0.5) is 17.2 Å². The number of aromatic nitrogens is 2. The highest BCUT2D eigenvalue weighted by Crippen LogP contribution is 2.26. The summed E-state index contributed by atoms with van der Waals surface area (Å²) >= 11 is 0. The van der Waals surface area contributed by atoms with Gasteiger partial charge in [0, 0.05) is 47.5 Å². The fourth-order valence-electron chi connectivity index (χ4n) is 3.89. The number of piperidine rings is 1. The van der Waals surface area contributed by atoms with Crippen molar-refractivity contribution in [2.24, 2.45) is 0 Å². The molecular weight excluding hydrogens is 398 g/mol. The minimum absolute atomic E-state index is 0.106. The molecule has 2 heterocycles. The summed E-state index contributed by atoms with van der Waals surface area (Å²) in [5, 5.41) is 7.11. The monoisotopic (exact) mass is 425 g/mol. The number of carbonyl (C=O) groups is 1. The Hall–Kier alpha value is -3.69. The molecule has 162 valence electrons. The number of hydrogen-bond donors (Lipinski definition) is 2. The van der Waals surface area contributed by atoms with E-state index in [9.17, 15) is 4.79 Å². The van der Waals surface area contributed by atoms with Gasteiger partial charge in [0.1, 0.15) is 12.1 Å². The molecule has 2 aromatic carbocycles. The Kier molecular flexibility index (Phi) is 6.48. The molecule has 4 rings (SSSR count). The van der Waals surface area contributed by atoms with Gasteiger partial charge in [0.2, 0.25) is 5.91 Å². The molecule has 6 nitrogen and oxygen atoms in total. The van der Waals surface area contributed by atoms with E-state index in [-0.39, 0.29) is 5.91 Å². The Morgan fingerprint density at radius 1 is 1.12 bits per heavy atom. The molecule has 0 aliphatic carbocycles. The number of fused-ring (bicyclic) bond motifs is 1. The first-order chi connectivity index (χ1) is 15.5.